The quantitative estimate of drug-likeness (QED) is 0.301. The number of amides is 1. The lowest BCUT2D eigenvalue weighted by molar-refractivity contribution is -0.122. The van der Waals surface area contributed by atoms with Crippen molar-refractivity contribution in [2.75, 3.05) is 0 Å². The van der Waals surface area contributed by atoms with E-state index in [1.54, 1.807) is 0 Å². The number of nitrogens with one attached hydrogen (secondary N) is 1. The van der Waals surface area contributed by atoms with Gasteiger partial charge in [-0.1, -0.05) is 97.1 Å². The van der Waals surface area contributed by atoms with Crippen molar-refractivity contribution in [2.45, 2.75) is 123 Å². The van der Waals surface area contributed by atoms with Gasteiger partial charge >= 0.3 is 0 Å². The Hall–Kier alpha value is -1.31. The highest BCUT2D eigenvalue weighted by Gasteiger charge is 2.40. The molecule has 2 atom stereocenters. The molecule has 0 aromatic heterocycles. The molecule has 0 spiro atoms. The van der Waals surface area contributed by atoms with E-state index in [9.17, 15) is 4.79 Å². The number of unbranched alkanes of at least 4 members (excludes halogenated alkanes) is 1. The van der Waals surface area contributed by atoms with E-state index < -0.39 is 0 Å². The van der Waals surface area contributed by atoms with E-state index in [2.05, 4.69) is 70.3 Å². The minimum absolute atomic E-state index is 0.155. The second kappa shape index (κ2) is 14.6. The summed E-state index contributed by atoms with van der Waals surface area (Å²) in [6, 6.07) is 11.5. The standard InChI is InChI=1S/C27H47NO/c1-6-11-21-27(23(15-7-2)16-8-3,24-19-13-12-14-20-24)22-25(17-9-4)28-26(29)18-10-5/h12-14,19-20,23,25H,6-11,15-18,21-22H2,1-5H3,(H,28,29). The molecular weight excluding hydrogens is 354 g/mol. The van der Waals surface area contributed by atoms with E-state index in [4.69, 9.17) is 0 Å². The first kappa shape index (κ1) is 25.7. The molecule has 2 nitrogen and oxygen atoms in total. The van der Waals surface area contributed by atoms with E-state index in [1.165, 1.54) is 50.5 Å². The molecule has 166 valence electrons. The van der Waals surface area contributed by atoms with Crippen molar-refractivity contribution in [1.82, 2.24) is 5.32 Å². The highest BCUT2D eigenvalue weighted by Crippen LogP contribution is 2.46. The van der Waals surface area contributed by atoms with Crippen molar-refractivity contribution in [1.29, 1.82) is 0 Å². The normalized spacial score (nSPS) is 14.6. The van der Waals surface area contributed by atoms with Crippen molar-refractivity contribution in [3.63, 3.8) is 0 Å². The summed E-state index contributed by atoms with van der Waals surface area (Å²) in [5.74, 6) is 0.903. The second-order valence-electron chi connectivity index (χ2n) is 8.91. The zero-order valence-corrected chi connectivity index (χ0v) is 19.9. The second-order valence-corrected chi connectivity index (χ2v) is 8.91. The van der Waals surface area contributed by atoms with Gasteiger partial charge in [-0.05, 0) is 50.0 Å². The zero-order valence-electron chi connectivity index (χ0n) is 19.9. The number of hydrogen-bond donors (Lipinski definition) is 1. The molecule has 29 heavy (non-hydrogen) atoms. The minimum Gasteiger partial charge on any atom is -0.353 e. The summed E-state index contributed by atoms with van der Waals surface area (Å²) >= 11 is 0. The van der Waals surface area contributed by atoms with Crippen LogP contribution in [-0.2, 0) is 10.2 Å². The van der Waals surface area contributed by atoms with Gasteiger partial charge in [-0.2, -0.15) is 0 Å². The molecule has 1 aromatic carbocycles. The van der Waals surface area contributed by atoms with Gasteiger partial charge in [-0.3, -0.25) is 4.79 Å². The fraction of sp³-hybridized carbons (Fsp3) is 0.741. The highest BCUT2D eigenvalue weighted by molar-refractivity contribution is 5.76. The van der Waals surface area contributed by atoms with Crippen molar-refractivity contribution in [3.05, 3.63) is 35.9 Å². The molecule has 0 aliphatic heterocycles. The minimum atomic E-state index is 0.155. The van der Waals surface area contributed by atoms with Gasteiger partial charge in [-0.15, -0.1) is 0 Å². The maximum atomic E-state index is 12.5. The van der Waals surface area contributed by atoms with Crippen LogP contribution in [0.2, 0.25) is 0 Å². The molecule has 1 N–H and O–H groups in total. The van der Waals surface area contributed by atoms with Crippen LogP contribution in [0.25, 0.3) is 0 Å². The monoisotopic (exact) mass is 401 g/mol. The molecule has 0 heterocycles. The Morgan fingerprint density at radius 2 is 1.48 bits per heavy atom. The van der Waals surface area contributed by atoms with Crippen LogP contribution in [-0.4, -0.2) is 11.9 Å². The van der Waals surface area contributed by atoms with Crippen LogP contribution >= 0.6 is 0 Å². The first-order chi connectivity index (χ1) is 14.1. The molecule has 2 unspecified atom stereocenters. The molecule has 0 bridgehead atoms. The fourth-order valence-corrected chi connectivity index (χ4v) is 5.17. The van der Waals surface area contributed by atoms with Crippen molar-refractivity contribution in [2.24, 2.45) is 5.92 Å². The van der Waals surface area contributed by atoms with Crippen LogP contribution in [0.15, 0.2) is 30.3 Å². The fourth-order valence-electron chi connectivity index (χ4n) is 5.17. The topological polar surface area (TPSA) is 29.1 Å². The number of rotatable bonds is 16. The lowest BCUT2D eigenvalue weighted by Gasteiger charge is -2.44. The van der Waals surface area contributed by atoms with E-state index in [1.807, 2.05) is 0 Å². The third-order valence-electron chi connectivity index (χ3n) is 6.47. The molecule has 1 rings (SSSR count). The van der Waals surface area contributed by atoms with Crippen LogP contribution in [0.3, 0.4) is 0 Å². The SMILES string of the molecule is CCCCC(CC(CCC)NC(=O)CCC)(c1ccccc1)C(CCC)CCC. The van der Waals surface area contributed by atoms with Crippen LogP contribution in [0.1, 0.15) is 117 Å². The van der Waals surface area contributed by atoms with Gasteiger partial charge in [0.1, 0.15) is 0 Å². The van der Waals surface area contributed by atoms with Gasteiger partial charge < -0.3 is 5.32 Å². The van der Waals surface area contributed by atoms with E-state index in [-0.39, 0.29) is 17.4 Å². The van der Waals surface area contributed by atoms with Crippen molar-refractivity contribution < 1.29 is 4.79 Å². The Morgan fingerprint density at radius 1 is 0.862 bits per heavy atom. The number of carbonyl (C=O) groups excluding carboxylic acids is 1. The molecule has 2 heteroatoms. The van der Waals surface area contributed by atoms with E-state index in [0.29, 0.717) is 12.3 Å². The predicted molar refractivity (Wildman–Crippen MR) is 127 cm³/mol. The van der Waals surface area contributed by atoms with Gasteiger partial charge in [0, 0.05) is 17.9 Å². The third kappa shape index (κ3) is 8.15. The van der Waals surface area contributed by atoms with Gasteiger partial charge in [0.15, 0.2) is 0 Å². The number of carbonyl (C=O) groups is 1. The molecule has 0 fully saturated rings. The number of hydrogen-bond acceptors (Lipinski definition) is 1. The maximum Gasteiger partial charge on any atom is 0.220 e. The van der Waals surface area contributed by atoms with Crippen LogP contribution in [0, 0.1) is 5.92 Å². The lowest BCUT2D eigenvalue weighted by atomic mass is 9.61. The average molecular weight is 402 g/mol. The summed E-state index contributed by atoms with van der Waals surface area (Å²) < 4.78 is 0. The Bertz CT molecular complexity index is 535. The van der Waals surface area contributed by atoms with Crippen molar-refractivity contribution in [3.8, 4) is 0 Å². The molecule has 0 aliphatic carbocycles. The maximum absolute atomic E-state index is 12.5. The summed E-state index contributed by atoms with van der Waals surface area (Å²) in [6.07, 6.45) is 13.5. The molecular formula is C27H47NO. The summed E-state index contributed by atoms with van der Waals surface area (Å²) in [4.78, 5) is 12.5. The highest BCUT2D eigenvalue weighted by atomic mass is 16.1. The summed E-state index contributed by atoms with van der Waals surface area (Å²) in [5, 5.41) is 3.42. The van der Waals surface area contributed by atoms with Gasteiger partial charge in [0.2, 0.25) is 5.91 Å². The molecule has 0 radical (unpaired) electrons. The van der Waals surface area contributed by atoms with Crippen LogP contribution < -0.4 is 5.32 Å². The molecule has 1 aromatic rings. The Kier molecular flexibility index (Phi) is 13.0. The predicted octanol–water partition coefficient (Wildman–Crippen LogP) is 7.81. The molecule has 1 amide bonds. The lowest BCUT2D eigenvalue weighted by Crippen LogP contribution is -2.45. The number of benzene rings is 1. The Labute approximate surface area is 181 Å². The van der Waals surface area contributed by atoms with Gasteiger partial charge in [0.25, 0.3) is 0 Å². The zero-order chi connectivity index (χ0) is 21.5. The Morgan fingerprint density at radius 3 is 2.00 bits per heavy atom. The summed E-state index contributed by atoms with van der Waals surface area (Å²) in [5.41, 5.74) is 1.65. The van der Waals surface area contributed by atoms with Gasteiger partial charge in [0.05, 0.1) is 0 Å². The summed E-state index contributed by atoms with van der Waals surface area (Å²) in [6.45, 7) is 11.3. The van der Waals surface area contributed by atoms with E-state index in [0.717, 1.165) is 25.7 Å². The first-order valence-electron chi connectivity index (χ1n) is 12.4. The van der Waals surface area contributed by atoms with Crippen LogP contribution in [0.5, 0.6) is 0 Å². The average Bonchev–Trinajstić information content (AvgIpc) is 2.72. The Balaban J connectivity index is 3.37. The van der Waals surface area contributed by atoms with Crippen LogP contribution in [0.4, 0.5) is 0 Å². The smallest absolute Gasteiger partial charge is 0.220 e. The molecule has 0 saturated heterocycles. The molecule has 0 aliphatic rings. The van der Waals surface area contributed by atoms with Crippen molar-refractivity contribution >= 4 is 5.91 Å². The third-order valence-corrected chi connectivity index (χ3v) is 6.47. The van der Waals surface area contributed by atoms with E-state index >= 15 is 0 Å². The molecule has 0 saturated carbocycles. The largest absolute Gasteiger partial charge is 0.353 e. The first-order valence-corrected chi connectivity index (χ1v) is 12.4. The summed E-state index contributed by atoms with van der Waals surface area (Å²) in [7, 11) is 0. The van der Waals surface area contributed by atoms with Gasteiger partial charge in [-0.25, -0.2) is 0 Å².